The highest BCUT2D eigenvalue weighted by molar-refractivity contribution is 7.86. The second-order valence-corrected chi connectivity index (χ2v) is 7.84. The number of alkyl halides is 8. The fourth-order valence-electron chi connectivity index (χ4n) is 1.57. The second-order valence-electron chi connectivity index (χ2n) is 6.29. The summed E-state index contributed by atoms with van der Waals surface area (Å²) in [6, 6.07) is 0. The van der Waals surface area contributed by atoms with Crippen LogP contribution in [-0.4, -0.2) is 61.4 Å². The summed E-state index contributed by atoms with van der Waals surface area (Å²) in [4.78, 5) is 23.6. The summed E-state index contributed by atoms with van der Waals surface area (Å²) in [5, 5.41) is -3.49. The van der Waals surface area contributed by atoms with Gasteiger partial charge in [0.1, 0.15) is 5.57 Å². The van der Waals surface area contributed by atoms with E-state index in [0.717, 1.165) is 0 Å². The predicted octanol–water partition coefficient (Wildman–Crippen LogP) is 2.57. The van der Waals surface area contributed by atoms with Gasteiger partial charge in [0.15, 0.2) is 0 Å². The van der Waals surface area contributed by atoms with Crippen molar-refractivity contribution in [3.8, 4) is 0 Å². The van der Waals surface area contributed by atoms with Gasteiger partial charge in [0.25, 0.3) is 0 Å². The van der Waals surface area contributed by atoms with Crippen LogP contribution < -0.4 is 5.32 Å². The minimum Gasteiger partial charge on any atom is -0.412 e. The van der Waals surface area contributed by atoms with Crippen LogP contribution in [0.2, 0.25) is 0 Å². The predicted molar refractivity (Wildman–Crippen MR) is 85.0 cm³/mol. The van der Waals surface area contributed by atoms with Crippen LogP contribution in [0.15, 0.2) is 12.2 Å². The normalized spacial score (nSPS) is 15.4. The van der Waals surface area contributed by atoms with Crippen LogP contribution in [0.3, 0.4) is 0 Å². The van der Waals surface area contributed by atoms with E-state index in [-0.39, 0.29) is 0 Å². The highest BCUT2D eigenvalue weighted by Crippen LogP contribution is 2.38. The number of amides is 1. The van der Waals surface area contributed by atoms with E-state index in [9.17, 15) is 53.1 Å². The topological polar surface area (TPSA) is 119 Å². The van der Waals surface area contributed by atoms with Crippen molar-refractivity contribution in [3.63, 3.8) is 0 Å². The summed E-state index contributed by atoms with van der Waals surface area (Å²) in [6.45, 7) is 2.42. The Balaban J connectivity index is 6.12. The first-order valence-corrected chi connectivity index (χ1v) is 9.35. The Labute approximate surface area is 170 Å². The average Bonchev–Trinajstić information content (AvgIpc) is 2.54. The fraction of sp³-hybridized carbons (Fsp3) is 0.714. The Bertz CT molecular complexity index is 791. The van der Waals surface area contributed by atoms with Gasteiger partial charge in [-0.25, -0.2) is 4.79 Å². The van der Waals surface area contributed by atoms with Crippen molar-refractivity contribution in [2.45, 2.75) is 43.7 Å². The molecule has 182 valence electrons. The standard InChI is InChI=1S/C14H17F8NO7S/c1-7(2)6-23-10(25)12(14(20,21)22,30-9(24)8(3)13(17,18)19)29-5-4-11(15,16)31(26,27)28/h7H,3-6H2,1-2H3,(H,23,25)(H,26,27,28). The molecule has 1 amide bonds. The fourth-order valence-corrected chi connectivity index (χ4v) is 1.91. The summed E-state index contributed by atoms with van der Waals surface area (Å²) in [5.74, 6) is -10.6. The second kappa shape index (κ2) is 9.64. The van der Waals surface area contributed by atoms with Crippen molar-refractivity contribution in [3.05, 3.63) is 12.2 Å². The zero-order chi connectivity index (χ0) is 25.1. The summed E-state index contributed by atoms with van der Waals surface area (Å²) in [6.07, 6.45) is -13.9. The number of carbonyl (C=O) groups excluding carboxylic acids is 2. The molecular weight excluding hydrogens is 478 g/mol. The number of esters is 1. The van der Waals surface area contributed by atoms with Crippen LogP contribution in [0.4, 0.5) is 35.1 Å². The Morgan fingerprint density at radius 3 is 1.90 bits per heavy atom. The lowest BCUT2D eigenvalue weighted by atomic mass is 10.2. The molecule has 0 aromatic heterocycles. The molecule has 0 rings (SSSR count). The molecule has 17 heteroatoms. The van der Waals surface area contributed by atoms with Crippen molar-refractivity contribution in [2.24, 2.45) is 5.92 Å². The van der Waals surface area contributed by atoms with Crippen molar-refractivity contribution in [1.29, 1.82) is 0 Å². The number of nitrogens with one attached hydrogen (secondary N) is 1. The molecular formula is C14H17F8NO7S. The maximum Gasteiger partial charge on any atom is 0.466 e. The molecule has 1 atom stereocenters. The van der Waals surface area contributed by atoms with Gasteiger partial charge in [0.05, 0.1) is 13.0 Å². The van der Waals surface area contributed by atoms with Crippen LogP contribution in [0.5, 0.6) is 0 Å². The van der Waals surface area contributed by atoms with E-state index in [2.05, 4.69) is 16.1 Å². The molecule has 31 heavy (non-hydrogen) atoms. The monoisotopic (exact) mass is 495 g/mol. The van der Waals surface area contributed by atoms with Gasteiger partial charge in [-0.05, 0) is 5.92 Å². The number of carbonyl (C=O) groups is 2. The van der Waals surface area contributed by atoms with E-state index in [4.69, 9.17) is 4.55 Å². The lowest BCUT2D eigenvalue weighted by molar-refractivity contribution is -0.348. The number of rotatable bonds is 10. The molecule has 2 N–H and O–H groups in total. The molecule has 8 nitrogen and oxygen atoms in total. The van der Waals surface area contributed by atoms with Gasteiger partial charge in [-0.2, -0.15) is 43.5 Å². The molecule has 0 fully saturated rings. The third-order valence-electron chi connectivity index (χ3n) is 3.24. The Morgan fingerprint density at radius 1 is 1.06 bits per heavy atom. The summed E-state index contributed by atoms with van der Waals surface area (Å²) in [5.41, 5.74) is -2.48. The maximum absolute atomic E-state index is 13.6. The molecule has 0 aliphatic heterocycles. The molecule has 0 aliphatic rings. The van der Waals surface area contributed by atoms with Crippen LogP contribution in [0.1, 0.15) is 20.3 Å². The number of hydrogen-bond donors (Lipinski definition) is 2. The molecule has 0 radical (unpaired) electrons. The quantitative estimate of drug-likeness (QED) is 0.157. The van der Waals surface area contributed by atoms with Gasteiger partial charge in [-0.3, -0.25) is 9.35 Å². The Kier molecular flexibility index (Phi) is 9.02. The van der Waals surface area contributed by atoms with E-state index >= 15 is 0 Å². The van der Waals surface area contributed by atoms with Crippen LogP contribution in [-0.2, 0) is 29.2 Å². The van der Waals surface area contributed by atoms with Crippen molar-refractivity contribution >= 4 is 22.0 Å². The lowest BCUT2D eigenvalue weighted by Gasteiger charge is -2.33. The van der Waals surface area contributed by atoms with Crippen molar-refractivity contribution in [1.82, 2.24) is 5.32 Å². The molecule has 0 bridgehead atoms. The molecule has 1 unspecified atom stereocenters. The van der Waals surface area contributed by atoms with Crippen LogP contribution in [0, 0.1) is 5.92 Å². The number of ether oxygens (including phenoxy) is 2. The summed E-state index contributed by atoms with van der Waals surface area (Å²) >= 11 is 0. The number of hydrogen-bond acceptors (Lipinski definition) is 6. The van der Waals surface area contributed by atoms with Crippen molar-refractivity contribution in [2.75, 3.05) is 13.2 Å². The molecule has 0 aromatic carbocycles. The zero-order valence-corrected chi connectivity index (χ0v) is 16.6. The van der Waals surface area contributed by atoms with E-state index in [0.29, 0.717) is 0 Å². The van der Waals surface area contributed by atoms with Gasteiger partial charge in [-0.15, -0.1) is 0 Å². The van der Waals surface area contributed by atoms with Gasteiger partial charge in [-0.1, -0.05) is 20.4 Å². The first-order valence-electron chi connectivity index (χ1n) is 7.91. The Hall–Kier alpha value is -2.01. The summed E-state index contributed by atoms with van der Waals surface area (Å²) < 4.78 is 142. The van der Waals surface area contributed by atoms with Gasteiger partial charge in [0.2, 0.25) is 0 Å². The smallest absolute Gasteiger partial charge is 0.412 e. The highest BCUT2D eigenvalue weighted by atomic mass is 32.2. The molecule has 0 aromatic rings. The largest absolute Gasteiger partial charge is 0.466 e. The third-order valence-corrected chi connectivity index (χ3v) is 4.20. The third kappa shape index (κ3) is 7.57. The molecule has 0 spiro atoms. The van der Waals surface area contributed by atoms with Gasteiger partial charge in [0, 0.05) is 6.54 Å². The zero-order valence-electron chi connectivity index (χ0n) is 15.7. The number of halogens is 8. The molecule has 0 saturated carbocycles. The molecule has 0 saturated heterocycles. The highest BCUT2D eigenvalue weighted by Gasteiger charge is 2.67. The van der Waals surface area contributed by atoms with E-state index in [1.807, 2.05) is 0 Å². The molecule has 0 aliphatic carbocycles. The van der Waals surface area contributed by atoms with Crippen LogP contribution >= 0.6 is 0 Å². The Morgan fingerprint density at radius 2 is 1.55 bits per heavy atom. The minimum absolute atomic E-state index is 0.528. The SMILES string of the molecule is C=C(C(=O)OC(OCCC(F)(F)S(=O)(=O)O)(C(=O)NCC(C)C)C(F)(F)F)C(F)(F)F. The lowest BCUT2D eigenvalue weighted by Crippen LogP contribution is -2.62. The van der Waals surface area contributed by atoms with E-state index in [1.54, 1.807) is 5.32 Å². The first-order chi connectivity index (χ1) is 13.6. The maximum atomic E-state index is 13.6. The minimum atomic E-state index is -6.12. The van der Waals surface area contributed by atoms with Crippen molar-refractivity contribution < 1.29 is 67.2 Å². The summed E-state index contributed by atoms with van der Waals surface area (Å²) in [7, 11) is -6.12. The first kappa shape index (κ1) is 29.0. The van der Waals surface area contributed by atoms with Gasteiger partial charge >= 0.3 is 45.4 Å². The van der Waals surface area contributed by atoms with E-state index in [1.165, 1.54) is 13.8 Å². The van der Waals surface area contributed by atoms with Crippen LogP contribution in [0.25, 0.3) is 0 Å². The average molecular weight is 495 g/mol. The van der Waals surface area contributed by atoms with Gasteiger partial charge < -0.3 is 14.8 Å². The van der Waals surface area contributed by atoms with E-state index < -0.39 is 76.5 Å². The molecule has 0 heterocycles.